The van der Waals surface area contributed by atoms with Gasteiger partial charge in [0.2, 0.25) is 0 Å². The van der Waals surface area contributed by atoms with Crippen molar-refractivity contribution in [1.82, 2.24) is 20.2 Å². The van der Waals surface area contributed by atoms with E-state index < -0.39 is 22.0 Å². The summed E-state index contributed by atoms with van der Waals surface area (Å²) in [5.41, 5.74) is 7.03. The van der Waals surface area contributed by atoms with E-state index in [-0.39, 0.29) is 17.2 Å². The fourth-order valence-electron chi connectivity index (χ4n) is 3.02. The number of anilines is 1. The molecule has 0 bridgehead atoms. The number of tetrazole rings is 1. The third-order valence-corrected chi connectivity index (χ3v) is 6.18. The van der Waals surface area contributed by atoms with E-state index in [9.17, 15) is 13.2 Å². The summed E-state index contributed by atoms with van der Waals surface area (Å²) in [7, 11) is -3.97. The highest BCUT2D eigenvalue weighted by molar-refractivity contribution is 7.92. The molecule has 10 nitrogen and oxygen atoms in total. The second kappa shape index (κ2) is 6.60. The first-order chi connectivity index (χ1) is 13.4. The quantitative estimate of drug-likeness (QED) is 0.670. The van der Waals surface area contributed by atoms with E-state index in [1.807, 2.05) is 0 Å². The van der Waals surface area contributed by atoms with Gasteiger partial charge in [-0.15, -0.1) is 5.10 Å². The molecular formula is C17H16N6O4S. The Morgan fingerprint density at radius 3 is 2.68 bits per heavy atom. The highest BCUT2D eigenvalue weighted by Gasteiger charge is 2.36. The number of sulfonamides is 1. The molecule has 2 heterocycles. The Labute approximate surface area is 160 Å². The number of aryl methyl sites for hydroxylation is 1. The Balaban J connectivity index is 1.78. The number of ether oxygens (including phenoxy) is 1. The molecule has 1 atom stereocenters. The highest BCUT2D eigenvalue weighted by atomic mass is 32.2. The maximum Gasteiger partial charge on any atom is 0.264 e. The zero-order chi connectivity index (χ0) is 19.9. The van der Waals surface area contributed by atoms with E-state index in [2.05, 4.69) is 15.5 Å². The van der Waals surface area contributed by atoms with Gasteiger partial charge in [-0.1, -0.05) is 12.1 Å². The van der Waals surface area contributed by atoms with E-state index in [1.165, 1.54) is 23.1 Å². The number of fused-ring (bicyclic) bond motifs is 1. The molecule has 11 heteroatoms. The van der Waals surface area contributed by atoms with E-state index in [0.29, 0.717) is 16.9 Å². The van der Waals surface area contributed by atoms with Crippen LogP contribution in [0.3, 0.4) is 0 Å². The summed E-state index contributed by atoms with van der Waals surface area (Å²) in [5, 5.41) is 11.0. The molecule has 28 heavy (non-hydrogen) atoms. The average molecular weight is 400 g/mol. The molecule has 1 aliphatic heterocycles. The summed E-state index contributed by atoms with van der Waals surface area (Å²) in [6, 6.07) is 11.2. The number of carbonyl (C=O) groups is 1. The van der Waals surface area contributed by atoms with Gasteiger partial charge in [-0.05, 0) is 53.2 Å². The van der Waals surface area contributed by atoms with Gasteiger partial charge in [0.05, 0.1) is 22.8 Å². The summed E-state index contributed by atoms with van der Waals surface area (Å²) in [6.45, 7) is 1.55. The maximum absolute atomic E-state index is 13.3. The van der Waals surface area contributed by atoms with Crippen molar-refractivity contribution in [1.29, 1.82) is 0 Å². The fraction of sp³-hybridized carbons (Fsp3) is 0.176. The van der Waals surface area contributed by atoms with Crippen molar-refractivity contribution in [3.05, 3.63) is 54.4 Å². The number of nitrogens with zero attached hydrogens (tertiary/aromatic N) is 5. The number of primary amides is 1. The largest absolute Gasteiger partial charge is 0.476 e. The minimum atomic E-state index is -3.97. The number of aromatic nitrogens is 4. The maximum atomic E-state index is 13.3. The molecule has 0 fully saturated rings. The first-order valence-corrected chi connectivity index (χ1v) is 9.73. The standard InChI is InChI=1S/C17H16N6O4S/c1-11-8-12(6-7-13(11)22-10-19-20-21-22)28(25,26)23-9-16(17(18)24)27-15-5-3-2-4-14(15)23/h2-8,10,16H,9H2,1H3,(H2,18,24). The lowest BCUT2D eigenvalue weighted by Gasteiger charge is -2.34. The second-order valence-electron chi connectivity index (χ2n) is 6.22. The number of nitrogens with two attached hydrogens (primary N) is 1. The Morgan fingerprint density at radius 1 is 1.21 bits per heavy atom. The molecule has 0 radical (unpaired) electrons. The molecule has 2 aromatic carbocycles. The van der Waals surface area contributed by atoms with Crippen LogP contribution in [0, 0.1) is 6.92 Å². The molecule has 144 valence electrons. The van der Waals surface area contributed by atoms with Crippen LogP contribution in [0.2, 0.25) is 0 Å². The number of benzene rings is 2. The van der Waals surface area contributed by atoms with E-state index >= 15 is 0 Å². The highest BCUT2D eigenvalue weighted by Crippen LogP contribution is 2.37. The zero-order valence-corrected chi connectivity index (χ0v) is 15.6. The van der Waals surface area contributed by atoms with Crippen molar-refractivity contribution in [2.24, 2.45) is 5.73 Å². The Bertz CT molecular complexity index is 1150. The van der Waals surface area contributed by atoms with Gasteiger partial charge in [0.15, 0.2) is 6.10 Å². The Kier molecular flexibility index (Phi) is 4.23. The molecule has 1 aliphatic rings. The molecule has 1 amide bonds. The summed E-state index contributed by atoms with van der Waals surface area (Å²) >= 11 is 0. The first kappa shape index (κ1) is 17.9. The zero-order valence-electron chi connectivity index (χ0n) is 14.8. The predicted molar refractivity (Wildman–Crippen MR) is 98.5 cm³/mol. The van der Waals surface area contributed by atoms with Crippen molar-refractivity contribution in [2.75, 3.05) is 10.8 Å². The van der Waals surface area contributed by atoms with E-state index in [4.69, 9.17) is 10.5 Å². The van der Waals surface area contributed by atoms with Crippen LogP contribution < -0.4 is 14.8 Å². The van der Waals surface area contributed by atoms with Gasteiger partial charge >= 0.3 is 0 Å². The third kappa shape index (κ3) is 2.95. The molecule has 4 rings (SSSR count). The first-order valence-electron chi connectivity index (χ1n) is 8.29. The van der Waals surface area contributed by atoms with Gasteiger partial charge in [0, 0.05) is 0 Å². The minimum absolute atomic E-state index is 0.0711. The van der Waals surface area contributed by atoms with E-state index in [1.54, 1.807) is 37.3 Å². The minimum Gasteiger partial charge on any atom is -0.476 e. The molecule has 0 spiro atoms. The Morgan fingerprint density at radius 2 is 2.00 bits per heavy atom. The van der Waals surface area contributed by atoms with Crippen LogP contribution >= 0.6 is 0 Å². The van der Waals surface area contributed by atoms with Gasteiger partial charge in [0.1, 0.15) is 12.1 Å². The van der Waals surface area contributed by atoms with Crippen molar-refractivity contribution < 1.29 is 17.9 Å². The molecular weight excluding hydrogens is 384 g/mol. The lowest BCUT2D eigenvalue weighted by molar-refractivity contribution is -0.124. The van der Waals surface area contributed by atoms with Gasteiger partial charge in [-0.25, -0.2) is 13.1 Å². The second-order valence-corrected chi connectivity index (χ2v) is 8.08. The van der Waals surface area contributed by atoms with Crippen LogP contribution in [0.1, 0.15) is 5.56 Å². The van der Waals surface area contributed by atoms with Crippen LogP contribution in [0.15, 0.2) is 53.7 Å². The normalized spacial score (nSPS) is 16.3. The number of carbonyl (C=O) groups excluding carboxylic acids is 1. The molecule has 0 aliphatic carbocycles. The summed E-state index contributed by atoms with van der Waals surface area (Å²) in [5.74, 6) is -0.455. The lowest BCUT2D eigenvalue weighted by atomic mass is 10.2. The molecule has 0 saturated heterocycles. The monoisotopic (exact) mass is 400 g/mol. The molecule has 1 unspecified atom stereocenters. The van der Waals surface area contributed by atoms with Crippen LogP contribution in [0.25, 0.3) is 5.69 Å². The van der Waals surface area contributed by atoms with Gasteiger partial charge in [0.25, 0.3) is 15.9 Å². The van der Waals surface area contributed by atoms with Gasteiger partial charge < -0.3 is 10.5 Å². The smallest absolute Gasteiger partial charge is 0.264 e. The van der Waals surface area contributed by atoms with Crippen LogP contribution in [-0.2, 0) is 14.8 Å². The number of para-hydroxylation sites is 2. The molecule has 1 aromatic heterocycles. The number of rotatable bonds is 4. The van der Waals surface area contributed by atoms with Crippen molar-refractivity contribution >= 4 is 21.6 Å². The summed E-state index contributed by atoms with van der Waals surface area (Å²) < 4.78 is 34.8. The molecule has 0 saturated carbocycles. The molecule has 2 N–H and O–H groups in total. The van der Waals surface area contributed by atoms with Crippen molar-refractivity contribution in [3.8, 4) is 11.4 Å². The molecule has 3 aromatic rings. The number of hydrogen-bond donors (Lipinski definition) is 1. The lowest BCUT2D eigenvalue weighted by Crippen LogP contribution is -2.49. The SMILES string of the molecule is Cc1cc(S(=O)(=O)N2CC(C(N)=O)Oc3ccccc32)ccc1-n1cnnn1. The number of hydrogen-bond acceptors (Lipinski definition) is 7. The third-order valence-electron chi connectivity index (χ3n) is 4.40. The van der Waals surface area contributed by atoms with Crippen LogP contribution in [-0.4, -0.2) is 47.2 Å². The van der Waals surface area contributed by atoms with Gasteiger partial charge in [-0.3, -0.25) is 9.10 Å². The number of amides is 1. The van der Waals surface area contributed by atoms with Crippen LogP contribution in [0.4, 0.5) is 5.69 Å². The fourth-order valence-corrected chi connectivity index (χ4v) is 4.58. The van der Waals surface area contributed by atoms with Crippen molar-refractivity contribution in [2.45, 2.75) is 17.9 Å². The Hall–Kier alpha value is -3.47. The van der Waals surface area contributed by atoms with E-state index in [0.717, 1.165) is 4.31 Å². The van der Waals surface area contributed by atoms with Gasteiger partial charge in [-0.2, -0.15) is 0 Å². The summed E-state index contributed by atoms with van der Waals surface area (Å²) in [4.78, 5) is 11.7. The topological polar surface area (TPSA) is 133 Å². The van der Waals surface area contributed by atoms with Crippen LogP contribution in [0.5, 0.6) is 5.75 Å². The predicted octanol–water partition coefficient (Wildman–Crippen LogP) is 0.412. The van der Waals surface area contributed by atoms with Crippen molar-refractivity contribution in [3.63, 3.8) is 0 Å². The summed E-state index contributed by atoms with van der Waals surface area (Å²) in [6.07, 6.45) is 0.345. The average Bonchev–Trinajstić information content (AvgIpc) is 3.21.